The molecule has 1 aromatic heterocycles. The van der Waals surface area contributed by atoms with Crippen LogP contribution >= 0.6 is 0 Å². The Morgan fingerprint density at radius 1 is 1.19 bits per heavy atom. The molecule has 3 rings (SSSR count). The second-order valence-corrected chi connectivity index (χ2v) is 9.26. The minimum Gasteiger partial charge on any atom is -0.461 e. The Bertz CT molecular complexity index is 961. The molecule has 168 valence electrons. The van der Waals surface area contributed by atoms with E-state index in [9.17, 15) is 14.4 Å². The van der Waals surface area contributed by atoms with E-state index in [4.69, 9.17) is 13.9 Å². The molecule has 0 bridgehead atoms. The van der Waals surface area contributed by atoms with Crippen LogP contribution in [-0.2, 0) is 19.1 Å². The SMILES string of the molecule is C/C=C(/C)C(=O)O[C@H]1CC[C@@H]2C(=O)c3occ(C)c3[C@@H](OC(=O)C=C(C)C)[C@]2(C)[C@H]1C. The van der Waals surface area contributed by atoms with Crippen molar-refractivity contribution in [3.05, 3.63) is 46.4 Å². The molecule has 2 aliphatic carbocycles. The van der Waals surface area contributed by atoms with Crippen molar-refractivity contribution >= 4 is 17.7 Å². The Labute approximate surface area is 183 Å². The number of ether oxygens (including phenoxy) is 2. The smallest absolute Gasteiger partial charge is 0.333 e. The van der Waals surface area contributed by atoms with Gasteiger partial charge in [0.25, 0.3) is 0 Å². The normalized spacial score (nSPS) is 30.2. The van der Waals surface area contributed by atoms with Gasteiger partial charge in [-0.1, -0.05) is 25.5 Å². The van der Waals surface area contributed by atoms with E-state index in [1.54, 1.807) is 26.2 Å². The van der Waals surface area contributed by atoms with Crippen molar-refractivity contribution in [1.29, 1.82) is 0 Å². The van der Waals surface area contributed by atoms with Gasteiger partial charge in [-0.3, -0.25) is 4.79 Å². The summed E-state index contributed by atoms with van der Waals surface area (Å²) in [4.78, 5) is 38.4. The highest BCUT2D eigenvalue weighted by Gasteiger charge is 2.61. The number of carbonyl (C=O) groups excluding carboxylic acids is 3. The number of ketones is 1. The summed E-state index contributed by atoms with van der Waals surface area (Å²) in [5.41, 5.74) is 2.03. The van der Waals surface area contributed by atoms with Crippen molar-refractivity contribution in [2.75, 3.05) is 0 Å². The maximum absolute atomic E-state index is 13.3. The van der Waals surface area contributed by atoms with Crippen LogP contribution in [0.4, 0.5) is 0 Å². The number of hydrogen-bond donors (Lipinski definition) is 0. The number of carbonyl (C=O) groups is 3. The summed E-state index contributed by atoms with van der Waals surface area (Å²) < 4.78 is 17.4. The molecular formula is C25H32O6. The summed E-state index contributed by atoms with van der Waals surface area (Å²) in [5.74, 6) is -1.20. The zero-order valence-corrected chi connectivity index (χ0v) is 19.4. The number of allylic oxidation sites excluding steroid dienone is 2. The van der Waals surface area contributed by atoms with Gasteiger partial charge < -0.3 is 13.9 Å². The quantitative estimate of drug-likeness (QED) is 0.480. The Morgan fingerprint density at radius 3 is 2.48 bits per heavy atom. The minimum atomic E-state index is -0.739. The Kier molecular flexibility index (Phi) is 6.30. The van der Waals surface area contributed by atoms with E-state index in [1.807, 2.05) is 34.6 Å². The molecule has 0 radical (unpaired) electrons. The first-order valence-corrected chi connectivity index (χ1v) is 10.8. The predicted molar refractivity (Wildman–Crippen MR) is 115 cm³/mol. The van der Waals surface area contributed by atoms with Gasteiger partial charge in [-0.05, 0) is 53.0 Å². The number of hydrogen-bond acceptors (Lipinski definition) is 6. The van der Waals surface area contributed by atoms with E-state index in [0.29, 0.717) is 24.0 Å². The predicted octanol–water partition coefficient (Wildman–Crippen LogP) is 5.27. The number of rotatable bonds is 4. The fourth-order valence-corrected chi connectivity index (χ4v) is 4.97. The molecule has 1 aromatic rings. The van der Waals surface area contributed by atoms with Crippen molar-refractivity contribution < 1.29 is 28.3 Å². The second-order valence-electron chi connectivity index (χ2n) is 9.26. The number of furan rings is 1. The highest BCUT2D eigenvalue weighted by Crippen LogP contribution is 2.60. The van der Waals surface area contributed by atoms with Crippen molar-refractivity contribution in [3.63, 3.8) is 0 Å². The average molecular weight is 429 g/mol. The largest absolute Gasteiger partial charge is 0.461 e. The van der Waals surface area contributed by atoms with Crippen LogP contribution in [-0.4, -0.2) is 23.8 Å². The first kappa shape index (κ1) is 23.0. The molecule has 0 spiro atoms. The average Bonchev–Trinajstić information content (AvgIpc) is 3.08. The number of Topliss-reactive ketones (excluding diaryl/α,β-unsaturated/α-hetero) is 1. The summed E-state index contributed by atoms with van der Waals surface area (Å²) in [6, 6.07) is 0. The second kappa shape index (κ2) is 8.48. The van der Waals surface area contributed by atoms with Gasteiger partial charge in [0, 0.05) is 34.5 Å². The molecule has 0 saturated heterocycles. The minimum absolute atomic E-state index is 0.0682. The standard InChI is InChI=1S/C25H32O6/c1-8-14(4)24(28)30-18-10-9-17-21(27)22-20(15(5)12-29-22)23(25(17,7)16(18)6)31-19(26)11-13(2)3/h8,11-12,16-18,23H,9-10H2,1-7H3/b14-8-/t16-,17+,18-,23+,25+/m0/s1. The highest BCUT2D eigenvalue weighted by molar-refractivity contribution is 5.99. The van der Waals surface area contributed by atoms with E-state index in [-0.39, 0.29) is 35.5 Å². The fraction of sp³-hybridized carbons (Fsp3) is 0.560. The zero-order valence-electron chi connectivity index (χ0n) is 19.4. The van der Waals surface area contributed by atoms with Crippen LogP contribution in [0, 0.1) is 24.2 Å². The van der Waals surface area contributed by atoms with Crippen LogP contribution in [0.1, 0.15) is 82.2 Å². The van der Waals surface area contributed by atoms with Crippen LogP contribution in [0.25, 0.3) is 0 Å². The highest BCUT2D eigenvalue weighted by atomic mass is 16.6. The maximum Gasteiger partial charge on any atom is 0.333 e. The van der Waals surface area contributed by atoms with Crippen LogP contribution < -0.4 is 0 Å². The van der Waals surface area contributed by atoms with Gasteiger partial charge in [-0.25, -0.2) is 9.59 Å². The summed E-state index contributed by atoms with van der Waals surface area (Å²) in [5, 5.41) is 0. The lowest BCUT2D eigenvalue weighted by molar-refractivity contribution is -0.177. The molecule has 0 amide bonds. The zero-order chi connectivity index (χ0) is 23.1. The van der Waals surface area contributed by atoms with Gasteiger partial charge in [0.15, 0.2) is 5.76 Å². The Hall–Kier alpha value is -2.63. The maximum atomic E-state index is 13.3. The van der Waals surface area contributed by atoms with E-state index >= 15 is 0 Å². The van der Waals surface area contributed by atoms with E-state index in [2.05, 4.69) is 0 Å². The lowest BCUT2D eigenvalue weighted by Gasteiger charge is -2.53. The van der Waals surface area contributed by atoms with Crippen molar-refractivity contribution in [2.45, 2.75) is 73.5 Å². The molecule has 5 atom stereocenters. The van der Waals surface area contributed by atoms with Crippen LogP contribution in [0.3, 0.4) is 0 Å². The first-order chi connectivity index (χ1) is 14.5. The summed E-state index contributed by atoms with van der Waals surface area (Å²) in [7, 11) is 0. The monoisotopic (exact) mass is 428 g/mol. The molecule has 6 nitrogen and oxygen atoms in total. The fourth-order valence-electron chi connectivity index (χ4n) is 4.97. The van der Waals surface area contributed by atoms with Gasteiger partial charge >= 0.3 is 11.9 Å². The first-order valence-electron chi connectivity index (χ1n) is 10.8. The molecule has 31 heavy (non-hydrogen) atoms. The van der Waals surface area contributed by atoms with Crippen LogP contribution in [0.5, 0.6) is 0 Å². The molecule has 0 N–H and O–H groups in total. The molecule has 1 heterocycles. The number of esters is 2. The third-order valence-electron chi connectivity index (χ3n) is 7.07. The van der Waals surface area contributed by atoms with Gasteiger partial charge in [0.05, 0.1) is 6.26 Å². The van der Waals surface area contributed by atoms with Crippen molar-refractivity contribution in [3.8, 4) is 0 Å². The molecule has 1 fully saturated rings. The van der Waals surface area contributed by atoms with E-state index in [0.717, 1.165) is 11.1 Å². The molecule has 6 heteroatoms. The number of aryl methyl sites for hydroxylation is 1. The van der Waals surface area contributed by atoms with Gasteiger partial charge in [-0.15, -0.1) is 0 Å². The lowest BCUT2D eigenvalue weighted by Crippen LogP contribution is -2.55. The molecule has 1 saturated carbocycles. The van der Waals surface area contributed by atoms with Crippen molar-refractivity contribution in [2.24, 2.45) is 17.3 Å². The molecular weight excluding hydrogens is 396 g/mol. The number of fused-ring (bicyclic) bond motifs is 2. The Morgan fingerprint density at radius 2 is 1.87 bits per heavy atom. The molecule has 0 aliphatic heterocycles. The van der Waals surface area contributed by atoms with Crippen molar-refractivity contribution in [1.82, 2.24) is 0 Å². The third-order valence-corrected chi connectivity index (χ3v) is 7.07. The lowest BCUT2D eigenvalue weighted by atomic mass is 9.53. The van der Waals surface area contributed by atoms with E-state index < -0.39 is 17.5 Å². The molecule has 2 aliphatic rings. The summed E-state index contributed by atoms with van der Waals surface area (Å²) in [6.07, 6.45) is 4.76. The summed E-state index contributed by atoms with van der Waals surface area (Å²) >= 11 is 0. The Balaban J connectivity index is 2.06. The van der Waals surface area contributed by atoms with Gasteiger partial charge in [0.2, 0.25) is 5.78 Å². The van der Waals surface area contributed by atoms with Gasteiger partial charge in [0.1, 0.15) is 12.2 Å². The van der Waals surface area contributed by atoms with Gasteiger partial charge in [-0.2, -0.15) is 0 Å². The third kappa shape index (κ3) is 3.88. The molecule has 0 aromatic carbocycles. The van der Waals surface area contributed by atoms with Crippen LogP contribution in [0.15, 0.2) is 34.0 Å². The summed E-state index contributed by atoms with van der Waals surface area (Å²) in [6.45, 7) is 13.0. The van der Waals surface area contributed by atoms with E-state index in [1.165, 1.54) is 6.08 Å². The molecule has 0 unspecified atom stereocenters. The topological polar surface area (TPSA) is 82.8 Å². The van der Waals surface area contributed by atoms with Crippen LogP contribution in [0.2, 0.25) is 0 Å².